The number of phenols is 1. The van der Waals surface area contributed by atoms with Crippen LogP contribution in [0.15, 0.2) is 41.3 Å². The molecule has 1 heterocycles. The van der Waals surface area contributed by atoms with Gasteiger partial charge in [-0.25, -0.2) is 0 Å². The first-order valence-corrected chi connectivity index (χ1v) is 5.90. The highest BCUT2D eigenvalue weighted by molar-refractivity contribution is 5.65. The van der Waals surface area contributed by atoms with Crippen LogP contribution in [-0.2, 0) is 5.41 Å². The fourth-order valence-electron chi connectivity index (χ4n) is 1.97. The summed E-state index contributed by atoms with van der Waals surface area (Å²) in [5, 5.41) is 10.1. The molecule has 0 spiro atoms. The Morgan fingerprint density at radius 3 is 2.28 bits per heavy atom. The van der Waals surface area contributed by atoms with E-state index < -0.39 is 0 Å². The fourth-order valence-corrected chi connectivity index (χ4v) is 1.97. The summed E-state index contributed by atoms with van der Waals surface area (Å²) in [6, 6.07) is 8.87. The Labute approximate surface area is 106 Å². The predicted molar refractivity (Wildman–Crippen MR) is 72.9 cm³/mol. The van der Waals surface area contributed by atoms with Gasteiger partial charge in [0.05, 0.1) is 0 Å². The topological polar surface area (TPSA) is 53.1 Å². The molecule has 18 heavy (non-hydrogen) atoms. The summed E-state index contributed by atoms with van der Waals surface area (Å²) in [6.45, 7) is 6.15. The van der Waals surface area contributed by atoms with Crippen LogP contribution in [0.5, 0.6) is 5.75 Å². The maximum atomic E-state index is 11.3. The number of phenolic OH excluding ortho intramolecular Hbond substituents is 1. The van der Waals surface area contributed by atoms with Crippen LogP contribution in [0.25, 0.3) is 11.1 Å². The number of pyridine rings is 1. The van der Waals surface area contributed by atoms with E-state index in [2.05, 4.69) is 25.8 Å². The lowest BCUT2D eigenvalue weighted by Crippen LogP contribution is -2.11. The number of rotatable bonds is 1. The zero-order chi connectivity index (χ0) is 13.3. The van der Waals surface area contributed by atoms with Gasteiger partial charge in [0.2, 0.25) is 5.56 Å². The van der Waals surface area contributed by atoms with Gasteiger partial charge in [0.25, 0.3) is 0 Å². The van der Waals surface area contributed by atoms with E-state index >= 15 is 0 Å². The molecule has 2 aromatic rings. The van der Waals surface area contributed by atoms with Gasteiger partial charge in [-0.1, -0.05) is 32.9 Å². The highest BCUT2D eigenvalue weighted by Gasteiger charge is 2.18. The molecule has 0 radical (unpaired) electrons. The minimum atomic E-state index is -0.146. The molecule has 0 fully saturated rings. The first-order chi connectivity index (χ1) is 8.38. The zero-order valence-electron chi connectivity index (χ0n) is 10.8. The molecule has 1 aromatic carbocycles. The summed E-state index contributed by atoms with van der Waals surface area (Å²) in [4.78, 5) is 13.8. The van der Waals surface area contributed by atoms with E-state index in [1.165, 1.54) is 6.07 Å². The number of hydrogen-bond acceptors (Lipinski definition) is 2. The Bertz CT molecular complexity index is 621. The van der Waals surface area contributed by atoms with Gasteiger partial charge in [-0.2, -0.15) is 0 Å². The maximum Gasteiger partial charge on any atom is 0.248 e. The van der Waals surface area contributed by atoms with Crippen molar-refractivity contribution in [1.82, 2.24) is 4.98 Å². The number of hydrogen-bond donors (Lipinski definition) is 2. The van der Waals surface area contributed by atoms with E-state index in [9.17, 15) is 9.90 Å². The number of benzene rings is 1. The molecular weight excluding hydrogens is 226 g/mol. The molecule has 0 saturated carbocycles. The van der Waals surface area contributed by atoms with Gasteiger partial charge in [-0.05, 0) is 34.2 Å². The number of aromatic nitrogens is 1. The van der Waals surface area contributed by atoms with Crippen molar-refractivity contribution >= 4 is 0 Å². The van der Waals surface area contributed by atoms with E-state index in [0.717, 1.165) is 16.7 Å². The van der Waals surface area contributed by atoms with Crippen molar-refractivity contribution in [1.29, 1.82) is 0 Å². The molecule has 1 aromatic heterocycles. The van der Waals surface area contributed by atoms with Crippen LogP contribution in [-0.4, -0.2) is 10.1 Å². The fraction of sp³-hybridized carbons (Fsp3) is 0.267. The lowest BCUT2D eigenvalue weighted by Gasteiger charge is -2.20. The largest absolute Gasteiger partial charge is 0.508 e. The van der Waals surface area contributed by atoms with Crippen molar-refractivity contribution in [2.45, 2.75) is 26.2 Å². The van der Waals surface area contributed by atoms with Crippen LogP contribution in [0.4, 0.5) is 0 Å². The number of nitrogens with one attached hydrogen (secondary N) is 1. The Hall–Kier alpha value is -2.03. The van der Waals surface area contributed by atoms with Gasteiger partial charge in [-0.3, -0.25) is 4.79 Å². The van der Waals surface area contributed by atoms with Crippen LogP contribution in [0.3, 0.4) is 0 Å². The molecule has 0 amide bonds. The standard InChI is InChI=1S/C15H17NO2/c1-15(2,3)12-5-4-10(8-13(12)17)11-6-7-16-14(18)9-11/h4-9,17H,1-3H3,(H,16,18). The Balaban J connectivity index is 2.50. The highest BCUT2D eigenvalue weighted by atomic mass is 16.3. The van der Waals surface area contributed by atoms with E-state index in [1.54, 1.807) is 12.3 Å². The molecule has 2 rings (SSSR count). The molecule has 3 heteroatoms. The van der Waals surface area contributed by atoms with Crippen molar-refractivity contribution in [2.24, 2.45) is 0 Å². The van der Waals surface area contributed by atoms with Gasteiger partial charge in [-0.15, -0.1) is 0 Å². The third-order valence-electron chi connectivity index (χ3n) is 2.91. The lowest BCUT2D eigenvalue weighted by molar-refractivity contribution is 0.447. The lowest BCUT2D eigenvalue weighted by atomic mass is 9.85. The van der Waals surface area contributed by atoms with Gasteiger partial charge in [0.1, 0.15) is 5.75 Å². The van der Waals surface area contributed by atoms with Crippen LogP contribution in [0.1, 0.15) is 26.3 Å². The molecule has 0 aliphatic carbocycles. The normalized spacial score (nSPS) is 11.5. The second-order valence-corrected chi connectivity index (χ2v) is 5.42. The van der Waals surface area contributed by atoms with Crippen LogP contribution >= 0.6 is 0 Å². The quantitative estimate of drug-likeness (QED) is 0.808. The summed E-state index contributed by atoms with van der Waals surface area (Å²) in [5.41, 5.74) is 2.29. The third kappa shape index (κ3) is 2.45. The molecule has 0 saturated heterocycles. The summed E-state index contributed by atoms with van der Waals surface area (Å²) in [5.74, 6) is 0.264. The molecule has 94 valence electrons. The second kappa shape index (κ2) is 4.33. The first-order valence-electron chi connectivity index (χ1n) is 5.90. The minimum Gasteiger partial charge on any atom is -0.508 e. The molecule has 0 unspecified atom stereocenters. The van der Waals surface area contributed by atoms with Crippen LogP contribution in [0.2, 0.25) is 0 Å². The summed E-state index contributed by atoms with van der Waals surface area (Å²) in [6.07, 6.45) is 1.60. The minimum absolute atomic E-state index is 0.100. The molecule has 0 atom stereocenters. The predicted octanol–water partition coefficient (Wildman–Crippen LogP) is 3.05. The summed E-state index contributed by atoms with van der Waals surface area (Å²) >= 11 is 0. The van der Waals surface area contributed by atoms with Crippen molar-refractivity contribution < 1.29 is 5.11 Å². The molecule has 2 N–H and O–H groups in total. The molecular formula is C15H17NO2. The molecule has 3 nitrogen and oxygen atoms in total. The van der Waals surface area contributed by atoms with E-state index in [4.69, 9.17) is 0 Å². The van der Waals surface area contributed by atoms with Crippen molar-refractivity contribution in [3.8, 4) is 16.9 Å². The van der Waals surface area contributed by atoms with Gasteiger partial charge in [0.15, 0.2) is 0 Å². The van der Waals surface area contributed by atoms with Crippen molar-refractivity contribution in [3.05, 3.63) is 52.4 Å². The van der Waals surface area contributed by atoms with E-state index in [1.807, 2.05) is 18.2 Å². The average Bonchev–Trinajstić information content (AvgIpc) is 2.27. The third-order valence-corrected chi connectivity index (χ3v) is 2.91. The summed E-state index contributed by atoms with van der Waals surface area (Å²) in [7, 11) is 0. The molecule has 0 bridgehead atoms. The number of H-pyrrole nitrogens is 1. The van der Waals surface area contributed by atoms with E-state index in [0.29, 0.717) is 0 Å². The maximum absolute atomic E-state index is 11.3. The van der Waals surface area contributed by atoms with Gasteiger partial charge >= 0.3 is 0 Å². The average molecular weight is 243 g/mol. The highest BCUT2D eigenvalue weighted by Crippen LogP contribution is 2.33. The van der Waals surface area contributed by atoms with Crippen molar-refractivity contribution in [3.63, 3.8) is 0 Å². The Kier molecular flexibility index (Phi) is 2.99. The number of aromatic amines is 1. The van der Waals surface area contributed by atoms with Crippen LogP contribution in [0, 0.1) is 0 Å². The summed E-state index contributed by atoms with van der Waals surface area (Å²) < 4.78 is 0. The Morgan fingerprint density at radius 2 is 1.72 bits per heavy atom. The van der Waals surface area contributed by atoms with Crippen LogP contribution < -0.4 is 5.56 Å². The van der Waals surface area contributed by atoms with Gasteiger partial charge in [0, 0.05) is 12.3 Å². The van der Waals surface area contributed by atoms with Crippen molar-refractivity contribution in [2.75, 3.05) is 0 Å². The molecule has 0 aliphatic rings. The SMILES string of the molecule is CC(C)(C)c1ccc(-c2cc[nH]c(=O)c2)cc1O. The van der Waals surface area contributed by atoms with Gasteiger partial charge < -0.3 is 10.1 Å². The smallest absolute Gasteiger partial charge is 0.248 e. The second-order valence-electron chi connectivity index (χ2n) is 5.42. The first kappa shape index (κ1) is 12.4. The number of aromatic hydroxyl groups is 1. The zero-order valence-corrected chi connectivity index (χ0v) is 10.8. The monoisotopic (exact) mass is 243 g/mol. The molecule has 0 aliphatic heterocycles. The Morgan fingerprint density at radius 1 is 1.06 bits per heavy atom. The van der Waals surface area contributed by atoms with E-state index in [-0.39, 0.29) is 16.7 Å².